The fraction of sp³-hybridized carbons (Fsp3) is 0.261. The molecule has 7 nitrogen and oxygen atoms in total. The first kappa shape index (κ1) is 22.4. The van der Waals surface area contributed by atoms with Gasteiger partial charge in [-0.1, -0.05) is 17.7 Å². The van der Waals surface area contributed by atoms with Crippen LogP contribution in [-0.2, 0) is 4.79 Å². The maximum atomic E-state index is 12.4. The molecule has 0 aliphatic heterocycles. The first-order valence-corrected chi connectivity index (χ1v) is 10.2. The van der Waals surface area contributed by atoms with E-state index in [2.05, 4.69) is 10.4 Å². The smallest absolute Gasteiger partial charge is 0.225 e. The second kappa shape index (κ2) is 10.1. The number of aryl methyl sites for hydroxylation is 1. The van der Waals surface area contributed by atoms with Crippen LogP contribution in [0.1, 0.15) is 35.8 Å². The molecule has 0 atom stereocenters. The third-order valence-corrected chi connectivity index (χ3v) is 4.76. The minimum Gasteiger partial charge on any atom is -0.493 e. The van der Waals surface area contributed by atoms with Crippen molar-refractivity contribution in [2.24, 2.45) is 0 Å². The van der Waals surface area contributed by atoms with Gasteiger partial charge in [0.05, 0.1) is 25.1 Å². The van der Waals surface area contributed by atoms with E-state index in [0.29, 0.717) is 40.9 Å². The van der Waals surface area contributed by atoms with E-state index in [1.165, 1.54) is 14.0 Å². The number of nitrogens with zero attached hydrogens (tertiary/aromatic N) is 2. The van der Waals surface area contributed by atoms with Crippen LogP contribution >= 0.6 is 11.6 Å². The van der Waals surface area contributed by atoms with Gasteiger partial charge in [0.15, 0.2) is 17.3 Å². The minimum absolute atomic E-state index is 0.0474. The summed E-state index contributed by atoms with van der Waals surface area (Å²) >= 11 is 6.07. The summed E-state index contributed by atoms with van der Waals surface area (Å²) in [6.07, 6.45) is 0.779. The molecule has 0 bridgehead atoms. The lowest BCUT2D eigenvalue weighted by Gasteiger charge is -2.12. The summed E-state index contributed by atoms with van der Waals surface area (Å²) in [4.78, 5) is 23.9. The molecule has 3 aromatic rings. The first-order chi connectivity index (χ1) is 14.9. The molecule has 0 spiro atoms. The number of amides is 1. The second-order valence-corrected chi connectivity index (χ2v) is 7.42. The van der Waals surface area contributed by atoms with Crippen molar-refractivity contribution in [3.8, 4) is 17.2 Å². The van der Waals surface area contributed by atoms with Crippen LogP contribution in [-0.4, -0.2) is 35.2 Å². The summed E-state index contributed by atoms with van der Waals surface area (Å²) < 4.78 is 12.7. The molecule has 0 saturated carbocycles. The molecule has 3 rings (SSSR count). The predicted molar refractivity (Wildman–Crippen MR) is 120 cm³/mol. The highest BCUT2D eigenvalue weighted by atomic mass is 35.5. The maximum Gasteiger partial charge on any atom is 0.225 e. The van der Waals surface area contributed by atoms with Crippen LogP contribution in [0.25, 0.3) is 5.69 Å². The molecule has 0 saturated heterocycles. The average molecular weight is 442 g/mol. The van der Waals surface area contributed by atoms with Crippen molar-refractivity contribution in [2.75, 3.05) is 19.0 Å². The Balaban J connectivity index is 1.56. The standard InChI is InChI=1S/C23H24ClN3O4/c1-15-12-22(27(26-15)19-7-4-6-18(24)14-19)25-23(29)8-5-11-31-20-10-9-17(16(2)28)13-21(20)30-3/h4,6-7,9-10,12-14H,5,8,11H2,1-3H3,(H,25,29). The number of Topliss-reactive ketones (excluding diaryl/α,β-unsaturated/α-hetero) is 1. The van der Waals surface area contributed by atoms with Crippen LogP contribution in [0, 0.1) is 6.92 Å². The Morgan fingerprint density at radius 2 is 1.94 bits per heavy atom. The van der Waals surface area contributed by atoms with Crippen LogP contribution in [0.5, 0.6) is 11.5 Å². The molecule has 1 N–H and O–H groups in total. The van der Waals surface area contributed by atoms with Crippen molar-refractivity contribution in [2.45, 2.75) is 26.7 Å². The van der Waals surface area contributed by atoms with Gasteiger partial charge in [0.25, 0.3) is 0 Å². The van der Waals surface area contributed by atoms with Crippen molar-refractivity contribution >= 4 is 29.1 Å². The highest BCUT2D eigenvalue weighted by molar-refractivity contribution is 6.30. The zero-order chi connectivity index (χ0) is 22.4. The number of nitrogens with one attached hydrogen (secondary N) is 1. The molecule has 1 aromatic heterocycles. The summed E-state index contributed by atoms with van der Waals surface area (Å²) in [5.74, 6) is 1.40. The molecule has 2 aromatic carbocycles. The van der Waals surface area contributed by atoms with Crippen LogP contribution in [0.3, 0.4) is 0 Å². The fourth-order valence-electron chi connectivity index (χ4n) is 3.02. The van der Waals surface area contributed by atoms with E-state index in [1.54, 1.807) is 41.1 Å². The van der Waals surface area contributed by atoms with Gasteiger partial charge in [-0.05, 0) is 56.7 Å². The number of ether oxygens (including phenoxy) is 2. The number of anilines is 1. The molecule has 0 unspecified atom stereocenters. The lowest BCUT2D eigenvalue weighted by molar-refractivity contribution is -0.116. The third kappa shape index (κ3) is 5.86. The first-order valence-electron chi connectivity index (χ1n) is 9.81. The zero-order valence-electron chi connectivity index (χ0n) is 17.6. The molecular weight excluding hydrogens is 418 g/mol. The number of halogens is 1. The van der Waals surface area contributed by atoms with Gasteiger partial charge in [0.1, 0.15) is 5.82 Å². The molecule has 1 heterocycles. The maximum absolute atomic E-state index is 12.4. The number of hydrogen-bond donors (Lipinski definition) is 1. The van der Waals surface area contributed by atoms with Gasteiger partial charge >= 0.3 is 0 Å². The number of ketones is 1. The number of rotatable bonds is 9. The van der Waals surface area contributed by atoms with E-state index < -0.39 is 0 Å². The van der Waals surface area contributed by atoms with Crippen LogP contribution in [0.4, 0.5) is 5.82 Å². The summed E-state index contributed by atoms with van der Waals surface area (Å²) in [5, 5.41) is 7.91. The van der Waals surface area contributed by atoms with E-state index in [1.807, 2.05) is 19.1 Å². The molecule has 162 valence electrons. The minimum atomic E-state index is -0.148. The van der Waals surface area contributed by atoms with Gasteiger partial charge in [0.2, 0.25) is 5.91 Å². The lowest BCUT2D eigenvalue weighted by Crippen LogP contribution is -2.15. The highest BCUT2D eigenvalue weighted by Gasteiger charge is 2.12. The number of carbonyl (C=O) groups excluding carboxylic acids is 2. The molecule has 0 fully saturated rings. The Hall–Kier alpha value is -3.32. The summed E-state index contributed by atoms with van der Waals surface area (Å²) in [6, 6.07) is 14.1. The Bertz CT molecular complexity index is 1090. The number of carbonyl (C=O) groups is 2. The highest BCUT2D eigenvalue weighted by Crippen LogP contribution is 2.28. The average Bonchev–Trinajstić information content (AvgIpc) is 3.11. The monoisotopic (exact) mass is 441 g/mol. The Morgan fingerprint density at radius 3 is 2.65 bits per heavy atom. The predicted octanol–water partition coefficient (Wildman–Crippen LogP) is 4.84. The van der Waals surface area contributed by atoms with Gasteiger partial charge in [-0.2, -0.15) is 5.10 Å². The largest absolute Gasteiger partial charge is 0.493 e. The van der Waals surface area contributed by atoms with Gasteiger partial charge < -0.3 is 14.8 Å². The fourth-order valence-corrected chi connectivity index (χ4v) is 3.20. The van der Waals surface area contributed by atoms with E-state index in [-0.39, 0.29) is 18.1 Å². The Morgan fingerprint density at radius 1 is 1.13 bits per heavy atom. The van der Waals surface area contributed by atoms with Crippen molar-refractivity contribution in [1.29, 1.82) is 0 Å². The number of aromatic nitrogens is 2. The van der Waals surface area contributed by atoms with Gasteiger partial charge in [-0.15, -0.1) is 0 Å². The van der Waals surface area contributed by atoms with Gasteiger partial charge in [-0.25, -0.2) is 4.68 Å². The third-order valence-electron chi connectivity index (χ3n) is 4.53. The van der Waals surface area contributed by atoms with E-state index >= 15 is 0 Å². The molecule has 31 heavy (non-hydrogen) atoms. The Labute approximate surface area is 185 Å². The molecule has 1 amide bonds. The molecule has 0 aliphatic rings. The number of benzene rings is 2. The molecule has 0 radical (unpaired) electrons. The summed E-state index contributed by atoms with van der Waals surface area (Å²) in [6.45, 7) is 3.68. The molecule has 8 heteroatoms. The topological polar surface area (TPSA) is 82.4 Å². The normalized spacial score (nSPS) is 10.6. The van der Waals surface area contributed by atoms with E-state index in [4.69, 9.17) is 21.1 Å². The van der Waals surface area contributed by atoms with E-state index in [0.717, 1.165) is 11.4 Å². The van der Waals surface area contributed by atoms with Crippen LogP contribution in [0.15, 0.2) is 48.5 Å². The quantitative estimate of drug-likeness (QED) is 0.379. The molecule has 0 aliphatic carbocycles. The van der Waals surface area contributed by atoms with Gasteiger partial charge in [-0.3, -0.25) is 9.59 Å². The molecular formula is C23H24ClN3O4. The van der Waals surface area contributed by atoms with E-state index in [9.17, 15) is 9.59 Å². The lowest BCUT2D eigenvalue weighted by atomic mass is 10.1. The van der Waals surface area contributed by atoms with Crippen molar-refractivity contribution in [3.05, 3.63) is 64.8 Å². The van der Waals surface area contributed by atoms with Gasteiger partial charge in [0, 0.05) is 23.1 Å². The number of hydrogen-bond acceptors (Lipinski definition) is 5. The number of methoxy groups -OCH3 is 1. The second-order valence-electron chi connectivity index (χ2n) is 6.98. The summed E-state index contributed by atoms with van der Waals surface area (Å²) in [5.41, 5.74) is 2.09. The SMILES string of the molecule is COc1cc(C(C)=O)ccc1OCCCC(=O)Nc1cc(C)nn1-c1cccc(Cl)c1. The zero-order valence-corrected chi connectivity index (χ0v) is 18.4. The Kier molecular flexibility index (Phi) is 7.31. The van der Waals surface area contributed by atoms with Crippen LogP contribution < -0.4 is 14.8 Å². The van der Waals surface area contributed by atoms with Crippen LogP contribution in [0.2, 0.25) is 5.02 Å². The van der Waals surface area contributed by atoms with Crippen molar-refractivity contribution in [1.82, 2.24) is 9.78 Å². The van der Waals surface area contributed by atoms with Crippen molar-refractivity contribution < 1.29 is 19.1 Å². The van der Waals surface area contributed by atoms with Crippen molar-refractivity contribution in [3.63, 3.8) is 0 Å². The summed E-state index contributed by atoms with van der Waals surface area (Å²) in [7, 11) is 1.52.